The van der Waals surface area contributed by atoms with Gasteiger partial charge >= 0.3 is 0 Å². The van der Waals surface area contributed by atoms with Crippen molar-refractivity contribution in [2.45, 2.75) is 12.8 Å². The first-order valence-electron chi connectivity index (χ1n) is 11.1. The molecular formula is C27H27N3O3. The summed E-state index contributed by atoms with van der Waals surface area (Å²) in [4.78, 5) is 4.30. The summed E-state index contributed by atoms with van der Waals surface area (Å²) in [6, 6.07) is 20.6. The second-order valence-corrected chi connectivity index (χ2v) is 8.22. The van der Waals surface area contributed by atoms with Crippen LogP contribution in [0.1, 0.15) is 12.0 Å². The first kappa shape index (κ1) is 21.2. The Balaban J connectivity index is 1.43. The van der Waals surface area contributed by atoms with Gasteiger partial charge in [0.1, 0.15) is 5.75 Å². The summed E-state index contributed by atoms with van der Waals surface area (Å²) < 4.78 is 18.3. The van der Waals surface area contributed by atoms with Crippen LogP contribution in [-0.4, -0.2) is 42.2 Å². The number of hydrogen-bond donors (Lipinski definition) is 0. The smallest absolute Gasteiger partial charge is 0.212 e. The van der Waals surface area contributed by atoms with E-state index in [0.29, 0.717) is 11.8 Å². The Kier molecular flexibility index (Phi) is 6.09. The number of pyridine rings is 1. The van der Waals surface area contributed by atoms with E-state index in [4.69, 9.17) is 14.2 Å². The first-order valence-corrected chi connectivity index (χ1v) is 11.1. The molecule has 2 aromatic carbocycles. The van der Waals surface area contributed by atoms with E-state index in [1.165, 1.54) is 5.56 Å². The van der Waals surface area contributed by atoms with E-state index in [9.17, 15) is 0 Å². The van der Waals surface area contributed by atoms with Crippen molar-refractivity contribution in [3.05, 3.63) is 78.6 Å². The van der Waals surface area contributed by atoms with Gasteiger partial charge in [0.15, 0.2) is 0 Å². The largest absolute Gasteiger partial charge is 0.496 e. The van der Waals surface area contributed by atoms with Crippen molar-refractivity contribution < 1.29 is 14.2 Å². The highest BCUT2D eigenvalue weighted by molar-refractivity contribution is 5.67. The molecule has 1 saturated heterocycles. The molecule has 0 radical (unpaired) electrons. The van der Waals surface area contributed by atoms with Gasteiger partial charge < -0.3 is 14.2 Å². The number of methoxy groups -OCH3 is 2. The SMILES string of the molecule is COc1ccc(-c2ccc(-n3nccc3-c3ccc(OC)c(CC4CCOC4)c3)cc2)cn1. The summed E-state index contributed by atoms with van der Waals surface area (Å²) in [7, 11) is 3.35. The van der Waals surface area contributed by atoms with E-state index >= 15 is 0 Å². The summed E-state index contributed by atoms with van der Waals surface area (Å²) in [5.41, 5.74) is 6.50. The molecule has 6 heteroatoms. The van der Waals surface area contributed by atoms with Gasteiger partial charge in [-0.3, -0.25) is 0 Å². The van der Waals surface area contributed by atoms with E-state index < -0.39 is 0 Å². The first-order chi connectivity index (χ1) is 16.2. The highest BCUT2D eigenvalue weighted by Gasteiger charge is 2.19. The van der Waals surface area contributed by atoms with Crippen LogP contribution in [0.25, 0.3) is 28.1 Å². The Labute approximate surface area is 193 Å². The fourth-order valence-corrected chi connectivity index (χ4v) is 4.35. The van der Waals surface area contributed by atoms with E-state index in [-0.39, 0.29) is 0 Å². The third-order valence-electron chi connectivity index (χ3n) is 6.14. The Morgan fingerprint density at radius 3 is 2.45 bits per heavy atom. The van der Waals surface area contributed by atoms with E-state index in [2.05, 4.69) is 52.5 Å². The number of rotatable bonds is 7. The topological polar surface area (TPSA) is 58.4 Å². The minimum atomic E-state index is 0.541. The maximum atomic E-state index is 5.64. The van der Waals surface area contributed by atoms with Crippen LogP contribution < -0.4 is 9.47 Å². The Morgan fingerprint density at radius 2 is 1.76 bits per heavy atom. The fraction of sp³-hybridized carbons (Fsp3) is 0.259. The maximum absolute atomic E-state index is 5.64. The highest BCUT2D eigenvalue weighted by atomic mass is 16.5. The van der Waals surface area contributed by atoms with E-state index in [1.807, 2.05) is 35.3 Å². The van der Waals surface area contributed by atoms with Gasteiger partial charge in [0.25, 0.3) is 0 Å². The average Bonchev–Trinajstić information content (AvgIpc) is 3.57. The molecule has 0 amide bonds. The summed E-state index contributed by atoms with van der Waals surface area (Å²) >= 11 is 0. The van der Waals surface area contributed by atoms with Crippen LogP contribution >= 0.6 is 0 Å². The van der Waals surface area contributed by atoms with Crippen LogP contribution in [0.5, 0.6) is 11.6 Å². The minimum Gasteiger partial charge on any atom is -0.496 e. The lowest BCUT2D eigenvalue weighted by Crippen LogP contribution is -2.06. The Bertz CT molecular complexity index is 1210. The molecule has 5 rings (SSSR count). The molecular weight excluding hydrogens is 414 g/mol. The second-order valence-electron chi connectivity index (χ2n) is 8.22. The van der Waals surface area contributed by atoms with Crippen molar-refractivity contribution in [2.24, 2.45) is 5.92 Å². The molecule has 1 atom stereocenters. The highest BCUT2D eigenvalue weighted by Crippen LogP contribution is 2.31. The molecule has 6 nitrogen and oxygen atoms in total. The quantitative estimate of drug-likeness (QED) is 0.395. The molecule has 33 heavy (non-hydrogen) atoms. The number of aromatic nitrogens is 3. The molecule has 1 aliphatic rings. The van der Waals surface area contributed by atoms with Gasteiger partial charge in [0.05, 0.1) is 31.8 Å². The predicted octanol–water partition coefficient (Wildman–Crippen LogP) is 5.20. The molecule has 0 aliphatic carbocycles. The van der Waals surface area contributed by atoms with Crippen molar-refractivity contribution in [1.82, 2.24) is 14.8 Å². The second kappa shape index (κ2) is 9.46. The van der Waals surface area contributed by atoms with Gasteiger partial charge in [-0.1, -0.05) is 12.1 Å². The van der Waals surface area contributed by atoms with Crippen molar-refractivity contribution in [2.75, 3.05) is 27.4 Å². The summed E-state index contributed by atoms with van der Waals surface area (Å²) in [6.45, 7) is 1.67. The van der Waals surface area contributed by atoms with Crippen molar-refractivity contribution in [3.63, 3.8) is 0 Å². The lowest BCUT2D eigenvalue weighted by molar-refractivity contribution is 0.185. The van der Waals surface area contributed by atoms with Crippen LogP contribution in [0, 0.1) is 5.92 Å². The van der Waals surface area contributed by atoms with Gasteiger partial charge in [-0.25, -0.2) is 9.67 Å². The van der Waals surface area contributed by atoms with Crippen molar-refractivity contribution >= 4 is 0 Å². The third kappa shape index (κ3) is 4.47. The number of benzene rings is 2. The molecule has 4 aromatic rings. The van der Waals surface area contributed by atoms with Gasteiger partial charge in [0.2, 0.25) is 5.88 Å². The number of ether oxygens (including phenoxy) is 3. The summed E-state index contributed by atoms with van der Waals surface area (Å²) in [5.74, 6) is 2.07. The van der Waals surface area contributed by atoms with Crippen LogP contribution in [0.15, 0.2) is 73.1 Å². The monoisotopic (exact) mass is 441 g/mol. The molecule has 168 valence electrons. The summed E-state index contributed by atoms with van der Waals surface area (Å²) in [6.07, 6.45) is 5.71. The third-order valence-corrected chi connectivity index (χ3v) is 6.14. The summed E-state index contributed by atoms with van der Waals surface area (Å²) in [5, 5.41) is 4.60. The zero-order valence-corrected chi connectivity index (χ0v) is 18.9. The van der Waals surface area contributed by atoms with Gasteiger partial charge in [-0.2, -0.15) is 5.10 Å². The Hall–Kier alpha value is -3.64. The van der Waals surface area contributed by atoms with Gasteiger partial charge in [-0.15, -0.1) is 0 Å². The lowest BCUT2D eigenvalue weighted by atomic mass is 9.96. The molecule has 1 fully saturated rings. The molecule has 3 heterocycles. The van der Waals surface area contributed by atoms with Crippen LogP contribution in [-0.2, 0) is 11.2 Å². The lowest BCUT2D eigenvalue weighted by Gasteiger charge is -2.15. The Morgan fingerprint density at radius 1 is 0.939 bits per heavy atom. The van der Waals surface area contributed by atoms with Crippen molar-refractivity contribution in [1.29, 1.82) is 0 Å². The fourth-order valence-electron chi connectivity index (χ4n) is 4.35. The van der Waals surface area contributed by atoms with Crippen LogP contribution in [0.3, 0.4) is 0 Å². The molecule has 1 unspecified atom stereocenters. The zero-order chi connectivity index (χ0) is 22.6. The van der Waals surface area contributed by atoms with Gasteiger partial charge in [-0.05, 0) is 72.4 Å². The van der Waals surface area contributed by atoms with E-state index in [0.717, 1.165) is 59.9 Å². The normalized spacial score (nSPS) is 15.5. The van der Waals surface area contributed by atoms with E-state index in [1.54, 1.807) is 14.2 Å². The standard InChI is InChI=1S/C27H27N3O3/c1-31-26-9-5-21(16-23(26)15-19-12-14-33-18-19)25-11-13-29-30(25)24-7-3-20(4-8-24)22-6-10-27(32-2)28-17-22/h3-11,13,16-17,19H,12,14-15,18H2,1-2H3. The van der Waals surface area contributed by atoms with Gasteiger partial charge in [0, 0.05) is 36.6 Å². The van der Waals surface area contributed by atoms with Crippen LogP contribution in [0.4, 0.5) is 0 Å². The molecule has 0 saturated carbocycles. The minimum absolute atomic E-state index is 0.541. The molecule has 0 bridgehead atoms. The molecule has 0 spiro atoms. The number of hydrogen-bond acceptors (Lipinski definition) is 5. The van der Waals surface area contributed by atoms with Crippen LogP contribution in [0.2, 0.25) is 0 Å². The van der Waals surface area contributed by atoms with Crippen molar-refractivity contribution in [3.8, 4) is 39.7 Å². The maximum Gasteiger partial charge on any atom is 0.212 e. The molecule has 1 aliphatic heterocycles. The molecule has 0 N–H and O–H groups in total. The molecule has 2 aromatic heterocycles. The number of nitrogens with zero attached hydrogens (tertiary/aromatic N) is 3. The predicted molar refractivity (Wildman–Crippen MR) is 128 cm³/mol. The zero-order valence-electron chi connectivity index (χ0n) is 18.9. The average molecular weight is 442 g/mol.